The lowest BCUT2D eigenvalue weighted by Crippen LogP contribution is -2.47. The highest BCUT2D eigenvalue weighted by Crippen LogP contribution is 2.32. The maximum atomic E-state index is 12.7. The summed E-state index contributed by atoms with van der Waals surface area (Å²) in [5.74, 6) is 0.108. The lowest BCUT2D eigenvalue weighted by Gasteiger charge is -2.32. The first kappa shape index (κ1) is 37.7. The standard InChI is InChI=1S/C44H47N9O4/c1-27-21-32(9-10-33(27)23-45-42(56)40-50-43(57-51-40)44(2,3)4)39-37-22-34(25-53(37)47-26-46-39)30-7-5-28(6-8-30)24-52-19-17-31(18-20-52)29-11-13-35(14-12-29)48-36-15-16-38(54)49-41(36)55/h5-14,21-22,25-26,31,36,48H,15-20,23-24H2,1-4H3,(H,45,56)(H,49,54,55). The Bertz CT molecular complexity index is 2420. The Morgan fingerprint density at radius 1 is 0.930 bits per heavy atom. The summed E-state index contributed by atoms with van der Waals surface area (Å²) in [6.45, 7) is 11.2. The monoisotopic (exact) mass is 765 g/mol. The van der Waals surface area contributed by atoms with Crippen molar-refractivity contribution < 1.29 is 18.9 Å². The topological polar surface area (TPSA) is 160 Å². The van der Waals surface area contributed by atoms with E-state index in [0.29, 0.717) is 31.2 Å². The number of nitrogens with zero attached hydrogens (tertiary/aromatic N) is 6. The molecule has 0 radical (unpaired) electrons. The second-order valence-corrected chi connectivity index (χ2v) is 16.2. The zero-order valence-corrected chi connectivity index (χ0v) is 32.7. The predicted octanol–water partition coefficient (Wildman–Crippen LogP) is 6.58. The maximum absolute atomic E-state index is 12.7. The zero-order valence-electron chi connectivity index (χ0n) is 32.7. The SMILES string of the molecule is Cc1cc(-c2ncnn3cc(-c4ccc(CN5CCC(c6ccc(NC7CCC(=O)NC7=O)cc6)CC5)cc4)cc23)ccc1CNC(=O)c1noc(C(C)(C)C)n1. The molecule has 0 aliphatic carbocycles. The maximum Gasteiger partial charge on any atom is 0.292 e. The molecule has 0 spiro atoms. The van der Waals surface area contributed by atoms with Crippen LogP contribution in [0.1, 0.15) is 91.1 Å². The van der Waals surface area contributed by atoms with Gasteiger partial charge in [0.1, 0.15) is 12.4 Å². The minimum absolute atomic E-state index is 0.0248. The number of aromatic nitrogens is 5. The molecular formula is C44H47N9O4. The summed E-state index contributed by atoms with van der Waals surface area (Å²) in [6, 6.07) is 25.1. The summed E-state index contributed by atoms with van der Waals surface area (Å²) in [4.78, 5) is 47.7. The Labute approximate surface area is 331 Å². The van der Waals surface area contributed by atoms with Crippen molar-refractivity contribution in [2.24, 2.45) is 0 Å². The lowest BCUT2D eigenvalue weighted by atomic mass is 9.89. The zero-order chi connectivity index (χ0) is 39.7. The van der Waals surface area contributed by atoms with Crippen LogP contribution in [0.25, 0.3) is 27.9 Å². The molecule has 292 valence electrons. The number of anilines is 1. The number of piperidine rings is 2. The number of carbonyl (C=O) groups excluding carboxylic acids is 3. The highest BCUT2D eigenvalue weighted by molar-refractivity contribution is 6.01. The molecule has 5 heterocycles. The Hall–Kier alpha value is -6.21. The third kappa shape index (κ3) is 8.48. The first-order valence-corrected chi connectivity index (χ1v) is 19.5. The molecule has 2 saturated heterocycles. The molecule has 3 amide bonds. The number of hydrogen-bond acceptors (Lipinski definition) is 10. The normalized spacial score (nSPS) is 16.8. The fourth-order valence-corrected chi connectivity index (χ4v) is 7.60. The van der Waals surface area contributed by atoms with E-state index in [4.69, 9.17) is 4.52 Å². The number of carbonyl (C=O) groups is 3. The van der Waals surface area contributed by atoms with E-state index in [9.17, 15) is 14.4 Å². The number of nitrogens with one attached hydrogen (secondary N) is 3. The number of rotatable bonds is 10. The number of fused-ring (bicyclic) bond motifs is 1. The van der Waals surface area contributed by atoms with Gasteiger partial charge in [-0.2, -0.15) is 10.1 Å². The Balaban J connectivity index is 0.858. The van der Waals surface area contributed by atoms with Crippen molar-refractivity contribution >= 4 is 28.9 Å². The number of aryl methyl sites for hydroxylation is 1. The minimum Gasteiger partial charge on any atom is -0.374 e. The highest BCUT2D eigenvalue weighted by Gasteiger charge is 2.27. The lowest BCUT2D eigenvalue weighted by molar-refractivity contribution is -0.133. The van der Waals surface area contributed by atoms with Crippen LogP contribution in [0.2, 0.25) is 0 Å². The van der Waals surface area contributed by atoms with Gasteiger partial charge in [-0.25, -0.2) is 9.50 Å². The summed E-state index contributed by atoms with van der Waals surface area (Å²) in [5.41, 5.74) is 10.0. The molecule has 0 bridgehead atoms. The van der Waals surface area contributed by atoms with Crippen LogP contribution < -0.4 is 16.0 Å². The van der Waals surface area contributed by atoms with Crippen LogP contribution in [0.4, 0.5) is 5.69 Å². The van der Waals surface area contributed by atoms with Crippen LogP contribution in [-0.4, -0.2) is 66.5 Å². The van der Waals surface area contributed by atoms with Gasteiger partial charge >= 0.3 is 0 Å². The van der Waals surface area contributed by atoms with Crippen molar-refractivity contribution in [1.82, 2.24) is 40.3 Å². The van der Waals surface area contributed by atoms with Gasteiger partial charge in [-0.05, 0) is 97.3 Å². The van der Waals surface area contributed by atoms with Crippen LogP contribution >= 0.6 is 0 Å². The fraction of sp³-hybridized carbons (Fsp3) is 0.341. The molecule has 57 heavy (non-hydrogen) atoms. The van der Waals surface area contributed by atoms with Crippen LogP contribution in [-0.2, 0) is 28.1 Å². The molecular weight excluding hydrogens is 719 g/mol. The van der Waals surface area contributed by atoms with Crippen molar-refractivity contribution in [1.29, 1.82) is 0 Å². The molecule has 8 rings (SSSR count). The number of likely N-dealkylation sites (tertiary alicyclic amines) is 1. The summed E-state index contributed by atoms with van der Waals surface area (Å²) >= 11 is 0. The fourth-order valence-electron chi connectivity index (χ4n) is 7.60. The van der Waals surface area contributed by atoms with Gasteiger partial charge in [0.2, 0.25) is 17.7 Å². The Morgan fingerprint density at radius 2 is 1.68 bits per heavy atom. The van der Waals surface area contributed by atoms with E-state index >= 15 is 0 Å². The van der Waals surface area contributed by atoms with Crippen molar-refractivity contribution in [2.45, 2.75) is 83.8 Å². The quantitative estimate of drug-likeness (QED) is 0.130. The van der Waals surface area contributed by atoms with Gasteiger partial charge in [0.25, 0.3) is 11.7 Å². The molecule has 2 aliphatic heterocycles. The van der Waals surface area contributed by atoms with Crippen molar-refractivity contribution in [3.63, 3.8) is 0 Å². The summed E-state index contributed by atoms with van der Waals surface area (Å²) in [5, 5.41) is 16.9. The van der Waals surface area contributed by atoms with E-state index in [2.05, 4.69) is 89.6 Å². The minimum atomic E-state index is -0.382. The van der Waals surface area contributed by atoms with Crippen LogP contribution in [0.3, 0.4) is 0 Å². The summed E-state index contributed by atoms with van der Waals surface area (Å²) < 4.78 is 7.15. The van der Waals surface area contributed by atoms with E-state index in [1.54, 1.807) is 6.33 Å². The van der Waals surface area contributed by atoms with E-state index in [-0.39, 0.29) is 35.0 Å². The molecule has 1 atom stereocenters. The number of amides is 3. The molecule has 3 N–H and O–H groups in total. The number of imide groups is 1. The van der Waals surface area contributed by atoms with Gasteiger partial charge < -0.3 is 15.2 Å². The average molecular weight is 766 g/mol. The summed E-state index contributed by atoms with van der Waals surface area (Å²) in [7, 11) is 0. The van der Waals surface area contributed by atoms with Gasteiger partial charge in [0.05, 0.1) is 11.2 Å². The van der Waals surface area contributed by atoms with E-state index in [1.165, 1.54) is 11.1 Å². The van der Waals surface area contributed by atoms with E-state index in [1.807, 2.05) is 62.7 Å². The third-order valence-electron chi connectivity index (χ3n) is 11.0. The van der Waals surface area contributed by atoms with E-state index in [0.717, 1.165) is 77.2 Å². The van der Waals surface area contributed by atoms with Gasteiger partial charge in [0, 0.05) is 47.9 Å². The van der Waals surface area contributed by atoms with Crippen LogP contribution in [0.15, 0.2) is 89.8 Å². The molecule has 13 nitrogen and oxygen atoms in total. The van der Waals surface area contributed by atoms with Gasteiger partial charge in [0.15, 0.2) is 0 Å². The molecule has 3 aromatic heterocycles. The highest BCUT2D eigenvalue weighted by atomic mass is 16.5. The molecule has 1 unspecified atom stereocenters. The van der Waals surface area contributed by atoms with Gasteiger partial charge in [-0.15, -0.1) is 0 Å². The van der Waals surface area contributed by atoms with E-state index < -0.39 is 0 Å². The van der Waals surface area contributed by atoms with Crippen molar-refractivity contribution in [2.75, 3.05) is 18.4 Å². The van der Waals surface area contributed by atoms with Crippen LogP contribution in [0, 0.1) is 6.92 Å². The van der Waals surface area contributed by atoms with Crippen molar-refractivity contribution in [3.8, 4) is 22.4 Å². The third-order valence-corrected chi connectivity index (χ3v) is 11.0. The Morgan fingerprint density at radius 3 is 2.39 bits per heavy atom. The first-order valence-electron chi connectivity index (χ1n) is 19.5. The van der Waals surface area contributed by atoms with Crippen molar-refractivity contribution in [3.05, 3.63) is 119 Å². The molecule has 3 aromatic carbocycles. The average Bonchev–Trinajstić information content (AvgIpc) is 3.89. The molecule has 13 heteroatoms. The Kier molecular flexibility index (Phi) is 10.4. The van der Waals surface area contributed by atoms with Crippen LogP contribution in [0.5, 0.6) is 0 Å². The smallest absolute Gasteiger partial charge is 0.292 e. The van der Waals surface area contributed by atoms with Gasteiger partial charge in [-0.1, -0.05) is 74.5 Å². The second-order valence-electron chi connectivity index (χ2n) is 16.2. The molecule has 2 fully saturated rings. The number of benzene rings is 3. The number of hydrogen-bond donors (Lipinski definition) is 3. The van der Waals surface area contributed by atoms with Gasteiger partial charge in [-0.3, -0.25) is 24.6 Å². The molecule has 0 saturated carbocycles. The predicted molar refractivity (Wildman–Crippen MR) is 216 cm³/mol. The summed E-state index contributed by atoms with van der Waals surface area (Å²) in [6.07, 6.45) is 6.68. The first-order chi connectivity index (χ1) is 27.5. The second kappa shape index (κ2) is 15.7. The largest absolute Gasteiger partial charge is 0.374 e. The molecule has 6 aromatic rings. The molecule has 2 aliphatic rings.